The molecule has 0 rings (SSSR count). The molecule has 0 atom stereocenters. The molecule has 268 valence electrons. The van der Waals surface area contributed by atoms with Crippen molar-refractivity contribution in [3.05, 3.63) is 0 Å². The first kappa shape index (κ1) is 46.4. The van der Waals surface area contributed by atoms with Crippen LogP contribution in [0.15, 0.2) is 0 Å². The Morgan fingerprint density at radius 1 is 0.227 bits per heavy atom. The quantitative estimate of drug-likeness (QED) is 0.0603. The van der Waals surface area contributed by atoms with E-state index in [-0.39, 0.29) is 12.4 Å². The number of halogens is 1. The monoisotopic (exact) mass is 642 g/mol. The van der Waals surface area contributed by atoms with Gasteiger partial charge in [-0.15, -0.1) is 12.4 Å². The second-order valence-corrected chi connectivity index (χ2v) is 14.7. The van der Waals surface area contributed by atoms with Crippen LogP contribution in [-0.4, -0.2) is 25.0 Å². The maximum absolute atomic E-state index is 2.60. The van der Waals surface area contributed by atoms with E-state index in [0.29, 0.717) is 0 Å². The first-order valence-electron chi connectivity index (χ1n) is 21.0. The summed E-state index contributed by atoms with van der Waals surface area (Å²) in [6.45, 7) is 7.25. The zero-order chi connectivity index (χ0) is 31.2. The summed E-state index contributed by atoms with van der Waals surface area (Å²) >= 11 is 0. The lowest BCUT2D eigenvalue weighted by molar-refractivity contribution is 0.314. The third-order valence-electron chi connectivity index (χ3n) is 10.0. The topological polar surface area (TPSA) is 3.24 Å². The summed E-state index contributed by atoms with van der Waals surface area (Å²) in [4.78, 5) is 2.60. The Morgan fingerprint density at radius 3 is 0.523 bits per heavy atom. The number of hydrogen-bond donors (Lipinski definition) is 0. The van der Waals surface area contributed by atoms with Crippen molar-refractivity contribution in [2.24, 2.45) is 0 Å². The van der Waals surface area contributed by atoms with Gasteiger partial charge < -0.3 is 4.90 Å². The molecule has 44 heavy (non-hydrogen) atoms. The molecular formula is C42H88ClN. The Bertz CT molecular complexity index is 467. The van der Waals surface area contributed by atoms with Gasteiger partial charge in [-0.1, -0.05) is 239 Å². The number of hydrogen-bond acceptors (Lipinski definition) is 1. The van der Waals surface area contributed by atoms with Gasteiger partial charge in [0.05, 0.1) is 0 Å². The Labute approximate surface area is 288 Å². The van der Waals surface area contributed by atoms with Crippen LogP contribution in [0, 0.1) is 0 Å². The van der Waals surface area contributed by atoms with Crippen LogP contribution in [-0.2, 0) is 0 Å². The smallest absolute Gasteiger partial charge is 0.00218 e. The van der Waals surface area contributed by atoms with Crippen molar-refractivity contribution >= 4 is 12.4 Å². The molecular weight excluding hydrogens is 554 g/mol. The third-order valence-corrected chi connectivity index (χ3v) is 10.0. The molecule has 0 bridgehead atoms. The van der Waals surface area contributed by atoms with Crippen LogP contribution in [0.4, 0.5) is 0 Å². The summed E-state index contributed by atoms with van der Waals surface area (Å²) in [5.41, 5.74) is 0. The van der Waals surface area contributed by atoms with Gasteiger partial charge in [-0.2, -0.15) is 0 Å². The fraction of sp³-hybridized carbons (Fsp3) is 1.00. The Kier molecular flexibility index (Phi) is 45.6. The molecule has 2 heteroatoms. The predicted octanol–water partition coefficient (Wildman–Crippen LogP) is 15.8. The van der Waals surface area contributed by atoms with Gasteiger partial charge in [0.1, 0.15) is 0 Å². The van der Waals surface area contributed by atoms with Crippen molar-refractivity contribution in [1.29, 1.82) is 0 Å². The highest BCUT2D eigenvalue weighted by atomic mass is 35.5. The summed E-state index contributed by atoms with van der Waals surface area (Å²) in [5, 5.41) is 0. The maximum atomic E-state index is 2.60. The molecule has 0 radical (unpaired) electrons. The highest BCUT2D eigenvalue weighted by Crippen LogP contribution is 2.16. The van der Waals surface area contributed by atoms with E-state index in [1.165, 1.54) is 251 Å². The lowest BCUT2D eigenvalue weighted by Crippen LogP contribution is -2.20. The van der Waals surface area contributed by atoms with Crippen molar-refractivity contribution in [2.75, 3.05) is 20.1 Å². The second-order valence-electron chi connectivity index (χ2n) is 14.7. The van der Waals surface area contributed by atoms with Crippen LogP contribution in [0.5, 0.6) is 0 Å². The Balaban J connectivity index is 0. The molecule has 0 aliphatic heterocycles. The van der Waals surface area contributed by atoms with E-state index < -0.39 is 0 Å². The summed E-state index contributed by atoms with van der Waals surface area (Å²) in [7, 11) is 2.35. The molecule has 0 aromatic heterocycles. The predicted molar refractivity (Wildman–Crippen MR) is 207 cm³/mol. The maximum Gasteiger partial charge on any atom is -0.00218 e. The van der Waals surface area contributed by atoms with E-state index >= 15 is 0 Å². The fourth-order valence-corrected chi connectivity index (χ4v) is 6.86. The van der Waals surface area contributed by atoms with E-state index in [0.717, 1.165) is 0 Å². The van der Waals surface area contributed by atoms with Gasteiger partial charge in [0.15, 0.2) is 0 Å². The van der Waals surface area contributed by atoms with Gasteiger partial charge in [0.25, 0.3) is 0 Å². The van der Waals surface area contributed by atoms with Crippen molar-refractivity contribution in [1.82, 2.24) is 4.90 Å². The molecule has 0 unspecified atom stereocenters. The molecule has 0 saturated carbocycles. The van der Waals surface area contributed by atoms with Crippen LogP contribution in [0.25, 0.3) is 0 Å². The summed E-state index contributed by atoms with van der Waals surface area (Å²) < 4.78 is 0. The molecule has 0 spiro atoms. The largest absolute Gasteiger partial charge is 0.306 e. The molecule has 0 N–H and O–H groups in total. The standard InChI is InChI=1S/C42H87N.ClH/c1-4-6-8-10-12-14-16-18-20-22-23-24-26-28-30-32-34-36-38-40-42-43(3)41-39-37-35-33-31-29-27-25-21-19-17-15-13-11-9-7-5-2;/h4-42H2,1-3H3;1H. The lowest BCUT2D eigenvalue weighted by atomic mass is 10.0. The average Bonchev–Trinajstić information content (AvgIpc) is 3.01. The number of nitrogens with zero attached hydrogens (tertiary/aromatic N) is 1. The molecule has 0 fully saturated rings. The number of rotatable bonds is 39. The van der Waals surface area contributed by atoms with Crippen LogP contribution < -0.4 is 0 Å². The SMILES string of the molecule is CCCCCCCCCCCCCCCCCCCCCCN(C)CCCCCCCCCCCCCCCCCCC.Cl. The summed E-state index contributed by atoms with van der Waals surface area (Å²) in [5.74, 6) is 0. The lowest BCUT2D eigenvalue weighted by Gasteiger charge is -2.16. The normalized spacial score (nSPS) is 11.5. The molecule has 0 amide bonds. The molecule has 0 heterocycles. The van der Waals surface area contributed by atoms with Crippen molar-refractivity contribution < 1.29 is 0 Å². The van der Waals surface area contributed by atoms with Crippen LogP contribution in [0.3, 0.4) is 0 Å². The molecule has 0 aromatic rings. The minimum atomic E-state index is 0. The van der Waals surface area contributed by atoms with Gasteiger partial charge in [-0.3, -0.25) is 0 Å². The average molecular weight is 643 g/mol. The highest BCUT2D eigenvalue weighted by Gasteiger charge is 2.00. The highest BCUT2D eigenvalue weighted by molar-refractivity contribution is 5.85. The zero-order valence-electron chi connectivity index (χ0n) is 31.4. The minimum Gasteiger partial charge on any atom is -0.306 e. The van der Waals surface area contributed by atoms with Gasteiger partial charge in [0.2, 0.25) is 0 Å². The van der Waals surface area contributed by atoms with E-state index in [9.17, 15) is 0 Å². The zero-order valence-corrected chi connectivity index (χ0v) is 32.2. The first-order valence-corrected chi connectivity index (χ1v) is 21.0. The molecule has 0 saturated heterocycles. The van der Waals surface area contributed by atoms with E-state index in [4.69, 9.17) is 0 Å². The molecule has 1 nitrogen and oxygen atoms in total. The summed E-state index contributed by atoms with van der Waals surface area (Å²) in [6, 6.07) is 0. The van der Waals surface area contributed by atoms with Crippen molar-refractivity contribution in [3.63, 3.8) is 0 Å². The summed E-state index contributed by atoms with van der Waals surface area (Å²) in [6.07, 6.45) is 54.3. The van der Waals surface area contributed by atoms with Gasteiger partial charge in [-0.25, -0.2) is 0 Å². The second kappa shape index (κ2) is 43.2. The van der Waals surface area contributed by atoms with Crippen LogP contribution >= 0.6 is 12.4 Å². The number of unbranched alkanes of at least 4 members (excludes halogenated alkanes) is 35. The third kappa shape index (κ3) is 42.2. The van der Waals surface area contributed by atoms with Gasteiger partial charge >= 0.3 is 0 Å². The van der Waals surface area contributed by atoms with Crippen LogP contribution in [0.2, 0.25) is 0 Å². The van der Waals surface area contributed by atoms with E-state index in [1.54, 1.807) is 0 Å². The molecule has 0 aliphatic rings. The van der Waals surface area contributed by atoms with Gasteiger partial charge in [-0.05, 0) is 33.0 Å². The fourth-order valence-electron chi connectivity index (χ4n) is 6.86. The molecule has 0 aliphatic carbocycles. The van der Waals surface area contributed by atoms with Gasteiger partial charge in [0, 0.05) is 0 Å². The molecule has 0 aromatic carbocycles. The first-order chi connectivity index (χ1) is 21.3. The van der Waals surface area contributed by atoms with E-state index in [1.807, 2.05) is 0 Å². The van der Waals surface area contributed by atoms with Crippen molar-refractivity contribution in [3.8, 4) is 0 Å². The Hall–Kier alpha value is 0.250. The van der Waals surface area contributed by atoms with Crippen LogP contribution in [0.1, 0.15) is 251 Å². The minimum absolute atomic E-state index is 0. The van der Waals surface area contributed by atoms with Crippen molar-refractivity contribution in [2.45, 2.75) is 251 Å². The Morgan fingerprint density at radius 2 is 0.364 bits per heavy atom. The van der Waals surface area contributed by atoms with E-state index in [2.05, 4.69) is 25.8 Å².